The Morgan fingerprint density at radius 3 is 2.95 bits per heavy atom. The van der Waals surface area contributed by atoms with Crippen LogP contribution in [0.15, 0.2) is 29.2 Å². The van der Waals surface area contributed by atoms with E-state index in [1.807, 2.05) is 0 Å². The number of carboxylic acids is 1. The molecular weight excluding hydrogens is 292 g/mol. The molecule has 1 N–H and O–H groups in total. The smallest absolute Gasteiger partial charge is 0.350 e. The van der Waals surface area contributed by atoms with Gasteiger partial charge in [-0.3, -0.25) is 9.20 Å². The van der Waals surface area contributed by atoms with Crippen LogP contribution in [-0.2, 0) is 20.9 Å². The summed E-state index contributed by atoms with van der Waals surface area (Å²) in [6, 6.07) is 5.10. The Labute approximate surface area is 124 Å². The summed E-state index contributed by atoms with van der Waals surface area (Å²) in [6.07, 6.45) is 0.538. The number of ether oxygens (including phenoxy) is 1. The summed E-state index contributed by atoms with van der Waals surface area (Å²) in [5, 5.41) is 13.0. The molecule has 22 heavy (non-hydrogen) atoms. The average molecular weight is 306 g/mol. The standard InChI is InChI=1S/C13H14N4O5/c18-11(15-5-6-22-9(7-15)12(19)20)8-17-13(21)16-4-2-1-3-10(16)14-17/h1-4,9H,5-8H2,(H,19,20). The zero-order chi connectivity index (χ0) is 15.7. The zero-order valence-corrected chi connectivity index (χ0v) is 11.6. The van der Waals surface area contributed by atoms with Crippen molar-refractivity contribution in [2.24, 2.45) is 0 Å². The van der Waals surface area contributed by atoms with E-state index in [0.29, 0.717) is 12.2 Å². The molecule has 0 spiro atoms. The van der Waals surface area contributed by atoms with Gasteiger partial charge < -0.3 is 14.7 Å². The molecule has 0 bridgehead atoms. The number of aromatic nitrogens is 3. The van der Waals surface area contributed by atoms with Crippen molar-refractivity contribution in [2.75, 3.05) is 19.7 Å². The van der Waals surface area contributed by atoms with E-state index in [9.17, 15) is 14.4 Å². The highest BCUT2D eigenvalue weighted by molar-refractivity contribution is 5.78. The van der Waals surface area contributed by atoms with E-state index in [1.54, 1.807) is 24.4 Å². The molecule has 116 valence electrons. The van der Waals surface area contributed by atoms with Crippen molar-refractivity contribution >= 4 is 17.5 Å². The minimum atomic E-state index is -1.11. The Balaban J connectivity index is 1.77. The van der Waals surface area contributed by atoms with Crippen molar-refractivity contribution in [3.05, 3.63) is 34.9 Å². The summed E-state index contributed by atoms with van der Waals surface area (Å²) in [5.74, 6) is -1.47. The minimum Gasteiger partial charge on any atom is -0.479 e. The molecule has 9 heteroatoms. The number of pyridine rings is 1. The molecule has 1 atom stereocenters. The van der Waals surface area contributed by atoms with Gasteiger partial charge in [0.15, 0.2) is 11.8 Å². The SMILES string of the molecule is O=C(O)C1CN(C(=O)Cn2nc3ccccn3c2=O)CCO1. The molecule has 0 saturated carbocycles. The van der Waals surface area contributed by atoms with Gasteiger partial charge in [-0.05, 0) is 12.1 Å². The lowest BCUT2D eigenvalue weighted by Gasteiger charge is -2.30. The first-order valence-electron chi connectivity index (χ1n) is 6.72. The lowest BCUT2D eigenvalue weighted by molar-refractivity contribution is -0.159. The molecule has 2 aromatic heterocycles. The molecule has 0 aliphatic carbocycles. The number of amides is 1. The average Bonchev–Trinajstić information content (AvgIpc) is 2.84. The van der Waals surface area contributed by atoms with Crippen LogP contribution in [0.1, 0.15) is 0 Å². The number of hydrogen-bond donors (Lipinski definition) is 1. The molecule has 3 heterocycles. The molecule has 3 rings (SSSR count). The first-order valence-corrected chi connectivity index (χ1v) is 6.72. The van der Waals surface area contributed by atoms with E-state index in [4.69, 9.17) is 9.84 Å². The molecule has 2 aromatic rings. The van der Waals surface area contributed by atoms with Gasteiger partial charge in [-0.25, -0.2) is 14.3 Å². The van der Waals surface area contributed by atoms with Crippen LogP contribution in [-0.4, -0.2) is 61.9 Å². The molecular formula is C13H14N4O5. The number of hydrogen-bond acceptors (Lipinski definition) is 5. The summed E-state index contributed by atoms with van der Waals surface area (Å²) >= 11 is 0. The number of carbonyl (C=O) groups excluding carboxylic acids is 1. The first kappa shape index (κ1) is 14.3. The van der Waals surface area contributed by atoms with Crippen LogP contribution >= 0.6 is 0 Å². The molecule has 1 saturated heterocycles. The number of fused-ring (bicyclic) bond motifs is 1. The van der Waals surface area contributed by atoms with Crippen molar-refractivity contribution in [3.63, 3.8) is 0 Å². The predicted molar refractivity (Wildman–Crippen MR) is 73.4 cm³/mol. The maximum absolute atomic E-state index is 12.2. The molecule has 9 nitrogen and oxygen atoms in total. The molecule has 1 amide bonds. The highest BCUT2D eigenvalue weighted by Gasteiger charge is 2.29. The van der Waals surface area contributed by atoms with Gasteiger partial charge in [0, 0.05) is 12.7 Å². The fourth-order valence-electron chi connectivity index (χ4n) is 2.32. The van der Waals surface area contributed by atoms with Crippen molar-refractivity contribution in [2.45, 2.75) is 12.6 Å². The third-order valence-electron chi connectivity index (χ3n) is 3.47. The predicted octanol–water partition coefficient (Wildman–Crippen LogP) is -1.19. The number of carboxylic acid groups (broad SMARTS) is 1. The quantitative estimate of drug-likeness (QED) is 0.764. The maximum atomic E-state index is 12.2. The normalized spacial score (nSPS) is 18.5. The lowest BCUT2D eigenvalue weighted by Crippen LogP contribution is -2.50. The maximum Gasteiger partial charge on any atom is 0.350 e. The van der Waals surface area contributed by atoms with E-state index < -0.39 is 17.8 Å². The van der Waals surface area contributed by atoms with Crippen LogP contribution in [0.3, 0.4) is 0 Å². The summed E-state index contributed by atoms with van der Waals surface area (Å²) in [7, 11) is 0. The molecule has 1 aliphatic heterocycles. The Morgan fingerprint density at radius 2 is 2.23 bits per heavy atom. The van der Waals surface area contributed by atoms with E-state index in [-0.39, 0.29) is 25.6 Å². The van der Waals surface area contributed by atoms with Crippen LogP contribution in [0, 0.1) is 0 Å². The summed E-state index contributed by atoms with van der Waals surface area (Å²) in [4.78, 5) is 36.6. The van der Waals surface area contributed by atoms with Gasteiger partial charge in [0.05, 0.1) is 13.2 Å². The molecule has 1 fully saturated rings. The molecule has 0 radical (unpaired) electrons. The Kier molecular flexibility index (Phi) is 3.63. The largest absolute Gasteiger partial charge is 0.479 e. The Hall–Kier alpha value is -2.68. The van der Waals surface area contributed by atoms with Crippen LogP contribution in [0.25, 0.3) is 5.65 Å². The van der Waals surface area contributed by atoms with E-state index in [1.165, 1.54) is 9.30 Å². The van der Waals surface area contributed by atoms with Gasteiger partial charge in [-0.1, -0.05) is 6.07 Å². The summed E-state index contributed by atoms with van der Waals surface area (Å²) in [5.41, 5.74) is 0.0395. The monoisotopic (exact) mass is 306 g/mol. The number of rotatable bonds is 3. The van der Waals surface area contributed by atoms with E-state index in [2.05, 4.69) is 5.10 Å². The van der Waals surface area contributed by atoms with Crippen LogP contribution in [0.5, 0.6) is 0 Å². The van der Waals surface area contributed by atoms with Crippen molar-refractivity contribution in [1.29, 1.82) is 0 Å². The Bertz CT molecular complexity index is 780. The van der Waals surface area contributed by atoms with Crippen LogP contribution in [0.2, 0.25) is 0 Å². The third-order valence-corrected chi connectivity index (χ3v) is 3.47. The molecule has 1 unspecified atom stereocenters. The fraction of sp³-hybridized carbons (Fsp3) is 0.385. The van der Waals surface area contributed by atoms with Crippen molar-refractivity contribution < 1.29 is 19.4 Å². The van der Waals surface area contributed by atoms with Gasteiger partial charge >= 0.3 is 11.7 Å². The second-order valence-corrected chi connectivity index (χ2v) is 4.91. The highest BCUT2D eigenvalue weighted by Crippen LogP contribution is 2.06. The molecule has 1 aliphatic rings. The van der Waals surface area contributed by atoms with Gasteiger partial charge in [-0.2, -0.15) is 0 Å². The van der Waals surface area contributed by atoms with E-state index in [0.717, 1.165) is 4.68 Å². The lowest BCUT2D eigenvalue weighted by atomic mass is 10.2. The van der Waals surface area contributed by atoms with Gasteiger partial charge in [0.2, 0.25) is 5.91 Å². The van der Waals surface area contributed by atoms with E-state index >= 15 is 0 Å². The zero-order valence-electron chi connectivity index (χ0n) is 11.6. The van der Waals surface area contributed by atoms with Gasteiger partial charge in [-0.15, -0.1) is 5.10 Å². The Morgan fingerprint density at radius 1 is 1.41 bits per heavy atom. The second-order valence-electron chi connectivity index (χ2n) is 4.91. The number of carbonyl (C=O) groups is 2. The minimum absolute atomic E-state index is 0.0315. The van der Waals surface area contributed by atoms with Crippen molar-refractivity contribution in [1.82, 2.24) is 19.1 Å². The second kappa shape index (κ2) is 5.60. The summed E-state index contributed by atoms with van der Waals surface area (Å²) < 4.78 is 7.47. The van der Waals surface area contributed by atoms with Crippen molar-refractivity contribution in [3.8, 4) is 0 Å². The fourth-order valence-corrected chi connectivity index (χ4v) is 2.32. The third kappa shape index (κ3) is 2.58. The van der Waals surface area contributed by atoms with Crippen LogP contribution in [0.4, 0.5) is 0 Å². The number of nitrogens with zero attached hydrogens (tertiary/aromatic N) is 4. The summed E-state index contributed by atoms with van der Waals surface area (Å²) in [6.45, 7) is 0.191. The van der Waals surface area contributed by atoms with Crippen LogP contribution < -0.4 is 5.69 Å². The molecule has 0 aromatic carbocycles. The number of morpholine rings is 1. The van der Waals surface area contributed by atoms with Gasteiger partial charge in [0.25, 0.3) is 0 Å². The number of aliphatic carboxylic acids is 1. The first-order chi connectivity index (χ1) is 10.6. The van der Waals surface area contributed by atoms with Gasteiger partial charge in [0.1, 0.15) is 6.54 Å². The topological polar surface area (TPSA) is 106 Å². The highest BCUT2D eigenvalue weighted by atomic mass is 16.5.